The lowest BCUT2D eigenvalue weighted by Gasteiger charge is -2.60. The molecule has 0 radical (unpaired) electrons. The average Bonchev–Trinajstić information content (AvgIpc) is 3.26. The van der Waals surface area contributed by atoms with Crippen molar-refractivity contribution >= 4 is 5.91 Å². The lowest BCUT2D eigenvalue weighted by atomic mass is 9.46. The van der Waals surface area contributed by atoms with Gasteiger partial charge in [0.1, 0.15) is 6.10 Å². The molecule has 2 aliphatic heterocycles. The topological polar surface area (TPSA) is 102 Å². The normalized spacial score (nSPS) is 47.5. The van der Waals surface area contributed by atoms with Crippen LogP contribution in [0, 0.1) is 45.3 Å². The number of fused-ring (bicyclic) bond motifs is 4. The Balaban J connectivity index is 0.959. The van der Waals surface area contributed by atoms with E-state index in [1.54, 1.807) is 37.1 Å². The zero-order valence-corrected chi connectivity index (χ0v) is 28.0. The molecule has 12 atom stereocenters. The van der Waals surface area contributed by atoms with Gasteiger partial charge < -0.3 is 33.7 Å². The minimum Gasteiger partial charge on any atom is -0.459 e. The van der Waals surface area contributed by atoms with Crippen molar-refractivity contribution in [1.82, 2.24) is 4.90 Å². The second-order valence-corrected chi connectivity index (χ2v) is 17.6. The van der Waals surface area contributed by atoms with E-state index in [1.807, 2.05) is 0 Å². The lowest BCUT2D eigenvalue weighted by molar-refractivity contribution is -0.241. The number of hydrogen-bond donors (Lipinski definition) is 2. The molecule has 3 heterocycles. The molecule has 250 valence electrons. The van der Waals surface area contributed by atoms with Crippen molar-refractivity contribution in [2.75, 3.05) is 19.7 Å². The van der Waals surface area contributed by atoms with E-state index in [2.05, 4.69) is 20.8 Å². The fourth-order valence-electron chi connectivity index (χ4n) is 12.8. The minimum atomic E-state index is -1.15. The maximum atomic E-state index is 13.0. The van der Waals surface area contributed by atoms with E-state index < -0.39 is 18.0 Å². The van der Waals surface area contributed by atoms with E-state index in [-0.39, 0.29) is 29.6 Å². The Kier molecular flexibility index (Phi) is 7.05. The molecular weight excluding hydrogens is 570 g/mol. The Morgan fingerprint density at radius 2 is 1.84 bits per heavy atom. The molecule has 8 heteroatoms. The first-order chi connectivity index (χ1) is 21.3. The molecule has 7 fully saturated rings. The number of hydrogen-bond acceptors (Lipinski definition) is 7. The number of rotatable bonds is 5. The maximum Gasteiger partial charge on any atom is 0.289 e. The Morgan fingerprint density at radius 3 is 2.60 bits per heavy atom. The second-order valence-electron chi connectivity index (χ2n) is 17.6. The molecule has 5 saturated carbocycles. The molecule has 0 bridgehead atoms. The molecule has 7 aliphatic rings. The summed E-state index contributed by atoms with van der Waals surface area (Å²) in [5, 5.41) is 21.3. The third-order valence-electron chi connectivity index (χ3n) is 15.0. The van der Waals surface area contributed by atoms with Crippen LogP contribution in [-0.2, 0) is 14.2 Å². The van der Waals surface area contributed by atoms with E-state index in [1.165, 1.54) is 38.5 Å². The van der Waals surface area contributed by atoms with E-state index in [0.717, 1.165) is 31.6 Å². The van der Waals surface area contributed by atoms with E-state index in [4.69, 9.17) is 18.6 Å². The largest absolute Gasteiger partial charge is 0.459 e. The first-order valence-corrected chi connectivity index (χ1v) is 18.0. The number of carbonyl (C=O) groups excluding carboxylic acids is 1. The van der Waals surface area contributed by atoms with Crippen LogP contribution >= 0.6 is 0 Å². The highest BCUT2D eigenvalue weighted by atomic mass is 16.7. The minimum absolute atomic E-state index is 0.0390. The summed E-state index contributed by atoms with van der Waals surface area (Å²) in [7, 11) is 0. The van der Waals surface area contributed by atoms with Gasteiger partial charge in [-0.2, -0.15) is 0 Å². The first kappa shape index (κ1) is 30.9. The number of aliphatic hydroxyl groups excluding tert-OH is 1. The molecule has 2 N–H and O–H groups in total. The monoisotopic (exact) mass is 625 g/mol. The van der Waals surface area contributed by atoms with Crippen molar-refractivity contribution in [3.05, 3.63) is 24.2 Å². The van der Waals surface area contributed by atoms with E-state index in [0.29, 0.717) is 59.5 Å². The summed E-state index contributed by atoms with van der Waals surface area (Å²) >= 11 is 0. The zero-order chi connectivity index (χ0) is 31.6. The molecule has 2 spiro atoms. The molecule has 9 unspecified atom stereocenters. The summed E-state index contributed by atoms with van der Waals surface area (Å²) in [6.45, 7) is 12.3. The predicted molar refractivity (Wildman–Crippen MR) is 167 cm³/mol. The molecular formula is C37H55NO7. The van der Waals surface area contributed by atoms with Crippen LogP contribution in [0.2, 0.25) is 0 Å². The number of nitrogens with zero attached hydrogens (tertiary/aromatic N) is 1. The van der Waals surface area contributed by atoms with Gasteiger partial charge >= 0.3 is 0 Å². The number of carbonyl (C=O) groups is 1. The van der Waals surface area contributed by atoms with Crippen molar-refractivity contribution in [3.8, 4) is 0 Å². The summed E-state index contributed by atoms with van der Waals surface area (Å²) in [6.07, 6.45) is 12.2. The molecule has 1 amide bonds. The molecule has 1 aromatic rings. The Morgan fingerprint density at radius 1 is 1.04 bits per heavy atom. The highest BCUT2D eigenvalue weighted by molar-refractivity contribution is 5.91. The zero-order valence-electron chi connectivity index (χ0n) is 28.0. The fourth-order valence-corrected chi connectivity index (χ4v) is 12.8. The van der Waals surface area contributed by atoms with Crippen LogP contribution in [-0.4, -0.2) is 77.0 Å². The third-order valence-corrected chi connectivity index (χ3v) is 15.0. The van der Waals surface area contributed by atoms with Gasteiger partial charge in [-0.05, 0) is 136 Å². The number of ether oxygens (including phenoxy) is 3. The first-order valence-electron chi connectivity index (χ1n) is 18.0. The van der Waals surface area contributed by atoms with Gasteiger partial charge in [-0.3, -0.25) is 4.79 Å². The summed E-state index contributed by atoms with van der Waals surface area (Å²) in [6, 6.07) is 3.47. The second kappa shape index (κ2) is 10.3. The molecule has 5 aliphatic carbocycles. The number of aliphatic hydroxyl groups is 2. The van der Waals surface area contributed by atoms with Gasteiger partial charge in [0, 0.05) is 6.54 Å². The molecule has 1 aromatic heterocycles. The Labute approximate surface area is 268 Å². The number of amides is 1. The van der Waals surface area contributed by atoms with Crippen molar-refractivity contribution in [2.45, 2.75) is 135 Å². The Bertz CT molecular complexity index is 1290. The number of furan rings is 1. The van der Waals surface area contributed by atoms with Gasteiger partial charge in [0.25, 0.3) is 5.91 Å². The highest BCUT2D eigenvalue weighted by Gasteiger charge is 2.80. The van der Waals surface area contributed by atoms with Crippen LogP contribution in [0.4, 0.5) is 0 Å². The van der Waals surface area contributed by atoms with Gasteiger partial charge in [0.15, 0.2) is 12.1 Å². The van der Waals surface area contributed by atoms with E-state index in [9.17, 15) is 15.0 Å². The van der Waals surface area contributed by atoms with Crippen LogP contribution in [0.1, 0.15) is 109 Å². The summed E-state index contributed by atoms with van der Waals surface area (Å²) < 4.78 is 24.9. The van der Waals surface area contributed by atoms with Crippen LogP contribution < -0.4 is 0 Å². The number of morpholine rings is 1. The standard InChI is InChI=1S/C37H55NO7/c1-33(2)28-11-9-22-24-19-27-23(8-10-25(44-27)31(39)34(3,4)41)35(24,5)14-15-36(22)21-37(28,36)13-12-29(33)45-30-20-38(16-18-43-30)32(40)26-7-6-17-42-26/h6-7,17,22-25,27-31,39,41H,8-16,18-21H2,1-5H3/t22?,23?,24?,25?,27?,28?,29-,30?,31-,35?,36-,37?/m0/s1. The molecule has 8 rings (SSSR count). The van der Waals surface area contributed by atoms with Gasteiger partial charge in [0.2, 0.25) is 0 Å². The highest BCUT2D eigenvalue weighted by Crippen LogP contribution is 2.87. The fraction of sp³-hybridized carbons (Fsp3) is 0.865. The van der Waals surface area contributed by atoms with Gasteiger partial charge in [-0.25, -0.2) is 0 Å². The van der Waals surface area contributed by atoms with Crippen molar-refractivity contribution < 1.29 is 33.6 Å². The third kappa shape index (κ3) is 4.44. The molecule has 45 heavy (non-hydrogen) atoms. The SMILES string of the molecule is CC12CC[C@@]34CC35CC[C@H](OC3CN(C(=O)c6ccco6)CCO3)C(C)(C)C5CCC4C1CC1OC([C@H](O)C(C)(C)O)CCC12. The molecule has 8 nitrogen and oxygen atoms in total. The lowest BCUT2D eigenvalue weighted by Crippen LogP contribution is -2.56. The van der Waals surface area contributed by atoms with Crippen LogP contribution in [0.5, 0.6) is 0 Å². The van der Waals surface area contributed by atoms with Gasteiger partial charge in [-0.1, -0.05) is 20.8 Å². The van der Waals surface area contributed by atoms with Crippen molar-refractivity contribution in [1.29, 1.82) is 0 Å². The van der Waals surface area contributed by atoms with Gasteiger partial charge in [-0.15, -0.1) is 0 Å². The van der Waals surface area contributed by atoms with Crippen LogP contribution in [0.3, 0.4) is 0 Å². The quantitative estimate of drug-likeness (QED) is 0.427. The smallest absolute Gasteiger partial charge is 0.289 e. The van der Waals surface area contributed by atoms with Crippen LogP contribution in [0.15, 0.2) is 22.8 Å². The predicted octanol–water partition coefficient (Wildman–Crippen LogP) is 5.80. The van der Waals surface area contributed by atoms with Crippen LogP contribution in [0.25, 0.3) is 0 Å². The maximum absolute atomic E-state index is 13.0. The molecule has 0 aromatic carbocycles. The van der Waals surface area contributed by atoms with Crippen molar-refractivity contribution in [3.63, 3.8) is 0 Å². The Hall–Kier alpha value is -1.45. The van der Waals surface area contributed by atoms with Gasteiger partial charge in [0.05, 0.1) is 43.3 Å². The average molecular weight is 626 g/mol. The van der Waals surface area contributed by atoms with Crippen molar-refractivity contribution in [2.24, 2.45) is 45.3 Å². The molecule has 2 saturated heterocycles. The van der Waals surface area contributed by atoms with E-state index >= 15 is 0 Å². The summed E-state index contributed by atoms with van der Waals surface area (Å²) in [5.74, 6) is 2.92. The summed E-state index contributed by atoms with van der Waals surface area (Å²) in [4.78, 5) is 14.8. The summed E-state index contributed by atoms with van der Waals surface area (Å²) in [5.41, 5.74) is 0.0795.